The van der Waals surface area contributed by atoms with E-state index in [9.17, 15) is 10.1 Å². The van der Waals surface area contributed by atoms with Gasteiger partial charge in [-0.25, -0.2) is 0 Å². The molecule has 0 aliphatic carbocycles. The van der Waals surface area contributed by atoms with Gasteiger partial charge in [-0.1, -0.05) is 23.2 Å². The standard InChI is InChI=1S/C14H10Cl2N2O3/c1-21-14-5-2-10(15)7-13(14)17-8-9-6-11(18(19)20)3-4-12(9)16/h2-8H,1H3. The van der Waals surface area contributed by atoms with Crippen LogP contribution in [0.3, 0.4) is 0 Å². The van der Waals surface area contributed by atoms with Crippen LogP contribution in [0.5, 0.6) is 5.75 Å². The van der Waals surface area contributed by atoms with E-state index in [0.717, 1.165) is 0 Å². The Balaban J connectivity index is 2.39. The van der Waals surface area contributed by atoms with Crippen molar-refractivity contribution in [3.63, 3.8) is 0 Å². The molecule has 0 aliphatic rings. The number of nitro benzene ring substituents is 1. The molecule has 108 valence electrons. The quantitative estimate of drug-likeness (QED) is 0.466. The lowest BCUT2D eigenvalue weighted by Crippen LogP contribution is -1.91. The molecule has 0 atom stereocenters. The lowest BCUT2D eigenvalue weighted by molar-refractivity contribution is -0.384. The molecule has 0 fully saturated rings. The topological polar surface area (TPSA) is 64.7 Å². The Bertz CT molecular complexity index is 717. The number of nitro groups is 1. The molecule has 2 rings (SSSR count). The first-order valence-corrected chi connectivity index (χ1v) is 6.58. The lowest BCUT2D eigenvalue weighted by Gasteiger charge is -2.04. The first kappa shape index (κ1) is 15.3. The molecule has 0 saturated carbocycles. The Morgan fingerprint density at radius 2 is 2.00 bits per heavy atom. The van der Waals surface area contributed by atoms with E-state index in [1.807, 2.05) is 0 Å². The molecule has 0 saturated heterocycles. The molecule has 0 amide bonds. The highest BCUT2D eigenvalue weighted by atomic mass is 35.5. The third-order valence-corrected chi connectivity index (χ3v) is 3.25. The Kier molecular flexibility index (Phi) is 4.77. The molecule has 0 radical (unpaired) electrons. The van der Waals surface area contributed by atoms with Crippen LogP contribution in [-0.4, -0.2) is 18.2 Å². The van der Waals surface area contributed by atoms with Gasteiger partial charge in [0.15, 0.2) is 0 Å². The monoisotopic (exact) mass is 324 g/mol. The van der Waals surface area contributed by atoms with Gasteiger partial charge in [-0.05, 0) is 24.3 Å². The van der Waals surface area contributed by atoms with Gasteiger partial charge in [0.25, 0.3) is 5.69 Å². The van der Waals surface area contributed by atoms with E-state index in [4.69, 9.17) is 27.9 Å². The Morgan fingerprint density at radius 3 is 2.67 bits per heavy atom. The van der Waals surface area contributed by atoms with Gasteiger partial charge >= 0.3 is 0 Å². The molecule has 0 spiro atoms. The van der Waals surface area contributed by atoms with Crippen molar-refractivity contribution in [2.24, 2.45) is 4.99 Å². The highest BCUT2D eigenvalue weighted by Crippen LogP contribution is 2.30. The number of halogens is 2. The normalized spacial score (nSPS) is 10.8. The van der Waals surface area contributed by atoms with E-state index < -0.39 is 4.92 Å². The Labute approximate surface area is 130 Å². The van der Waals surface area contributed by atoms with Crippen molar-refractivity contribution in [3.05, 3.63) is 62.1 Å². The highest BCUT2D eigenvalue weighted by Gasteiger charge is 2.09. The maximum absolute atomic E-state index is 10.8. The van der Waals surface area contributed by atoms with Crippen molar-refractivity contribution in [1.29, 1.82) is 0 Å². The van der Waals surface area contributed by atoms with E-state index in [-0.39, 0.29) is 5.69 Å². The number of nitrogens with zero attached hydrogens (tertiary/aromatic N) is 2. The van der Waals surface area contributed by atoms with Crippen LogP contribution in [0.15, 0.2) is 41.4 Å². The van der Waals surface area contributed by atoms with Crippen molar-refractivity contribution in [2.75, 3.05) is 7.11 Å². The van der Waals surface area contributed by atoms with Crippen molar-refractivity contribution in [3.8, 4) is 5.75 Å². The van der Waals surface area contributed by atoms with Crippen molar-refractivity contribution in [1.82, 2.24) is 0 Å². The summed E-state index contributed by atoms with van der Waals surface area (Å²) in [7, 11) is 1.52. The third kappa shape index (κ3) is 3.71. The summed E-state index contributed by atoms with van der Waals surface area (Å²) >= 11 is 11.9. The highest BCUT2D eigenvalue weighted by molar-refractivity contribution is 6.33. The van der Waals surface area contributed by atoms with Crippen molar-refractivity contribution < 1.29 is 9.66 Å². The SMILES string of the molecule is COc1ccc(Cl)cc1N=Cc1cc([N+](=O)[O-])ccc1Cl. The van der Waals surface area contributed by atoms with Crippen molar-refractivity contribution >= 4 is 40.8 Å². The third-order valence-electron chi connectivity index (χ3n) is 2.67. The zero-order valence-electron chi connectivity index (χ0n) is 10.9. The number of ether oxygens (including phenoxy) is 1. The van der Waals surface area contributed by atoms with Gasteiger partial charge in [-0.2, -0.15) is 0 Å². The van der Waals surface area contributed by atoms with Crippen LogP contribution < -0.4 is 4.74 Å². The number of hydrogen-bond acceptors (Lipinski definition) is 4. The first-order chi connectivity index (χ1) is 10.0. The van der Waals surface area contributed by atoms with Gasteiger partial charge in [0.1, 0.15) is 11.4 Å². The zero-order valence-corrected chi connectivity index (χ0v) is 12.4. The number of rotatable bonds is 4. The zero-order chi connectivity index (χ0) is 15.4. The van der Waals surface area contributed by atoms with Crippen LogP contribution in [0, 0.1) is 10.1 Å². The van der Waals surface area contributed by atoms with E-state index >= 15 is 0 Å². The van der Waals surface area contributed by atoms with Crippen LogP contribution in [-0.2, 0) is 0 Å². The average molecular weight is 325 g/mol. The molecular formula is C14H10Cl2N2O3. The summed E-state index contributed by atoms with van der Waals surface area (Å²) in [5, 5.41) is 11.6. The maximum Gasteiger partial charge on any atom is 0.270 e. The summed E-state index contributed by atoms with van der Waals surface area (Å²) in [5.41, 5.74) is 0.888. The predicted octanol–water partition coefficient (Wildman–Crippen LogP) is 4.66. The number of methoxy groups -OCH3 is 1. The largest absolute Gasteiger partial charge is 0.494 e. The molecule has 2 aromatic rings. The number of non-ortho nitro benzene ring substituents is 1. The Morgan fingerprint density at radius 1 is 1.24 bits per heavy atom. The molecule has 2 aromatic carbocycles. The number of benzene rings is 2. The molecule has 21 heavy (non-hydrogen) atoms. The van der Waals surface area contributed by atoms with Gasteiger partial charge in [-0.15, -0.1) is 0 Å². The summed E-state index contributed by atoms with van der Waals surface area (Å²) in [6.45, 7) is 0. The average Bonchev–Trinajstić information content (AvgIpc) is 2.46. The minimum absolute atomic E-state index is 0.0566. The van der Waals surface area contributed by atoms with Gasteiger partial charge in [0, 0.05) is 34.0 Å². The molecule has 0 aliphatic heterocycles. The number of aliphatic imine (C=N–C) groups is 1. The van der Waals surface area contributed by atoms with Crippen LogP contribution in [0.1, 0.15) is 5.56 Å². The summed E-state index contributed by atoms with van der Waals surface area (Å²) in [4.78, 5) is 14.5. The summed E-state index contributed by atoms with van der Waals surface area (Å²) in [6, 6.07) is 9.13. The summed E-state index contributed by atoms with van der Waals surface area (Å²) in [6.07, 6.45) is 1.43. The minimum Gasteiger partial charge on any atom is -0.494 e. The van der Waals surface area contributed by atoms with Crippen LogP contribution in [0.2, 0.25) is 10.0 Å². The van der Waals surface area contributed by atoms with Gasteiger partial charge in [-0.3, -0.25) is 15.1 Å². The van der Waals surface area contributed by atoms with E-state index in [1.54, 1.807) is 18.2 Å². The first-order valence-electron chi connectivity index (χ1n) is 5.83. The second-order valence-electron chi connectivity index (χ2n) is 4.04. The molecule has 0 bridgehead atoms. The van der Waals surface area contributed by atoms with Gasteiger partial charge in [0.2, 0.25) is 0 Å². The fourth-order valence-electron chi connectivity index (χ4n) is 1.65. The minimum atomic E-state index is -0.492. The molecule has 0 N–H and O–H groups in total. The van der Waals surface area contributed by atoms with E-state index in [2.05, 4.69) is 4.99 Å². The second-order valence-corrected chi connectivity index (χ2v) is 4.88. The smallest absolute Gasteiger partial charge is 0.270 e. The van der Waals surface area contributed by atoms with Crippen molar-refractivity contribution in [2.45, 2.75) is 0 Å². The molecule has 5 nitrogen and oxygen atoms in total. The number of hydrogen-bond donors (Lipinski definition) is 0. The van der Waals surface area contributed by atoms with E-state index in [1.165, 1.54) is 31.5 Å². The van der Waals surface area contributed by atoms with Gasteiger partial charge in [0.05, 0.1) is 12.0 Å². The molecule has 7 heteroatoms. The predicted molar refractivity (Wildman–Crippen MR) is 83.4 cm³/mol. The fraction of sp³-hybridized carbons (Fsp3) is 0.0714. The molecular weight excluding hydrogens is 315 g/mol. The fourth-order valence-corrected chi connectivity index (χ4v) is 1.98. The second kappa shape index (κ2) is 6.56. The van der Waals surface area contributed by atoms with Crippen LogP contribution in [0.25, 0.3) is 0 Å². The van der Waals surface area contributed by atoms with Crippen LogP contribution >= 0.6 is 23.2 Å². The molecule has 0 heterocycles. The van der Waals surface area contributed by atoms with E-state index in [0.29, 0.717) is 27.0 Å². The summed E-state index contributed by atoms with van der Waals surface area (Å²) < 4.78 is 5.17. The Hall–Kier alpha value is -2.11. The summed E-state index contributed by atoms with van der Waals surface area (Å²) in [5.74, 6) is 0.539. The lowest BCUT2D eigenvalue weighted by atomic mass is 10.2. The molecule has 0 aromatic heterocycles. The maximum atomic E-state index is 10.8. The molecule has 0 unspecified atom stereocenters. The van der Waals surface area contributed by atoms with Gasteiger partial charge < -0.3 is 4.74 Å². The van der Waals surface area contributed by atoms with Crippen LogP contribution in [0.4, 0.5) is 11.4 Å².